The number of nitrogens with zero attached hydrogens (tertiary/aromatic N) is 4. The van der Waals surface area contributed by atoms with Gasteiger partial charge in [-0.05, 0) is 38.1 Å². The van der Waals surface area contributed by atoms with Gasteiger partial charge in [-0.3, -0.25) is 0 Å². The van der Waals surface area contributed by atoms with Crippen LogP contribution in [-0.2, 0) is 6.54 Å². The molecule has 0 aliphatic rings. The quantitative estimate of drug-likeness (QED) is 0.570. The molecular formula is C17H22N4OS2. The Labute approximate surface area is 150 Å². The van der Waals surface area contributed by atoms with Gasteiger partial charge in [-0.15, -0.1) is 21.5 Å². The third-order valence-electron chi connectivity index (χ3n) is 3.77. The summed E-state index contributed by atoms with van der Waals surface area (Å²) in [5.74, 6) is 1.80. The molecule has 0 spiro atoms. The van der Waals surface area contributed by atoms with Crippen LogP contribution in [0.15, 0.2) is 27.1 Å². The molecule has 3 rings (SSSR count). The second kappa shape index (κ2) is 7.11. The van der Waals surface area contributed by atoms with E-state index in [2.05, 4.69) is 49.4 Å². The molecule has 0 aliphatic heterocycles. The normalized spacial score (nSPS) is 12.9. The van der Waals surface area contributed by atoms with Crippen LogP contribution in [0, 0.1) is 19.8 Å². The van der Waals surface area contributed by atoms with Crippen molar-refractivity contribution in [2.75, 3.05) is 0 Å². The van der Waals surface area contributed by atoms with E-state index in [1.807, 2.05) is 17.5 Å². The van der Waals surface area contributed by atoms with Crippen molar-refractivity contribution in [2.24, 2.45) is 5.92 Å². The Morgan fingerprint density at radius 2 is 2.04 bits per heavy atom. The Morgan fingerprint density at radius 1 is 1.25 bits per heavy atom. The van der Waals surface area contributed by atoms with Crippen molar-refractivity contribution in [1.82, 2.24) is 19.7 Å². The molecule has 128 valence electrons. The number of rotatable bonds is 6. The van der Waals surface area contributed by atoms with Gasteiger partial charge in [-0.25, -0.2) is 4.98 Å². The van der Waals surface area contributed by atoms with Crippen molar-refractivity contribution < 1.29 is 4.42 Å². The van der Waals surface area contributed by atoms with Crippen LogP contribution < -0.4 is 0 Å². The third-order valence-corrected chi connectivity index (χ3v) is 5.71. The molecule has 3 aromatic heterocycles. The Kier molecular flexibility index (Phi) is 5.10. The molecule has 0 saturated carbocycles. The Balaban J connectivity index is 1.80. The number of aryl methyl sites for hydroxylation is 1. The van der Waals surface area contributed by atoms with Crippen molar-refractivity contribution in [1.29, 1.82) is 0 Å². The lowest BCUT2D eigenvalue weighted by Gasteiger charge is -2.13. The Bertz CT molecular complexity index is 805. The van der Waals surface area contributed by atoms with Gasteiger partial charge in [0.2, 0.25) is 5.89 Å². The van der Waals surface area contributed by atoms with Gasteiger partial charge in [0.25, 0.3) is 5.89 Å². The van der Waals surface area contributed by atoms with Crippen LogP contribution in [0.4, 0.5) is 0 Å². The summed E-state index contributed by atoms with van der Waals surface area (Å²) in [5.41, 5.74) is 2.30. The van der Waals surface area contributed by atoms with E-state index in [4.69, 9.17) is 9.40 Å². The summed E-state index contributed by atoms with van der Waals surface area (Å²) < 4.78 is 8.14. The van der Waals surface area contributed by atoms with E-state index in [1.165, 1.54) is 5.69 Å². The van der Waals surface area contributed by atoms with Crippen molar-refractivity contribution in [3.05, 3.63) is 34.8 Å². The number of hydrogen-bond acceptors (Lipinski definition) is 6. The number of thiophene rings is 1. The van der Waals surface area contributed by atoms with E-state index < -0.39 is 0 Å². The van der Waals surface area contributed by atoms with Gasteiger partial charge in [0.15, 0.2) is 5.16 Å². The molecule has 0 N–H and O–H groups in total. The highest BCUT2D eigenvalue weighted by atomic mass is 32.2. The molecule has 0 unspecified atom stereocenters. The lowest BCUT2D eigenvalue weighted by molar-refractivity contribution is 0.484. The first kappa shape index (κ1) is 17.2. The fourth-order valence-electron chi connectivity index (χ4n) is 2.40. The molecule has 0 bridgehead atoms. The average Bonchev–Trinajstić information content (AvgIpc) is 3.24. The minimum Gasteiger partial charge on any atom is -0.419 e. The number of hydrogen-bond donors (Lipinski definition) is 0. The maximum atomic E-state index is 5.85. The summed E-state index contributed by atoms with van der Waals surface area (Å²) in [6.07, 6.45) is 0. The van der Waals surface area contributed by atoms with E-state index in [1.54, 1.807) is 23.1 Å². The van der Waals surface area contributed by atoms with Crippen LogP contribution in [0.3, 0.4) is 0 Å². The minimum absolute atomic E-state index is 0.0540. The van der Waals surface area contributed by atoms with E-state index in [-0.39, 0.29) is 5.25 Å². The van der Waals surface area contributed by atoms with E-state index in [0.29, 0.717) is 17.7 Å². The molecular weight excluding hydrogens is 340 g/mol. The van der Waals surface area contributed by atoms with Gasteiger partial charge in [0.1, 0.15) is 0 Å². The zero-order valence-electron chi connectivity index (χ0n) is 14.6. The topological polar surface area (TPSA) is 56.7 Å². The van der Waals surface area contributed by atoms with E-state index in [9.17, 15) is 0 Å². The highest BCUT2D eigenvalue weighted by Gasteiger charge is 2.21. The van der Waals surface area contributed by atoms with Gasteiger partial charge in [0.05, 0.1) is 15.8 Å². The lowest BCUT2D eigenvalue weighted by atomic mass is 10.2. The summed E-state index contributed by atoms with van der Waals surface area (Å²) in [4.78, 5) is 5.72. The van der Waals surface area contributed by atoms with Crippen LogP contribution in [0.1, 0.15) is 43.3 Å². The maximum Gasteiger partial charge on any atom is 0.257 e. The maximum absolute atomic E-state index is 5.85. The highest BCUT2D eigenvalue weighted by molar-refractivity contribution is 7.99. The highest BCUT2D eigenvalue weighted by Crippen LogP contribution is 2.36. The molecule has 24 heavy (non-hydrogen) atoms. The number of imidazole rings is 1. The molecule has 1 atom stereocenters. The van der Waals surface area contributed by atoms with Crippen molar-refractivity contribution in [3.8, 4) is 10.8 Å². The zero-order chi connectivity index (χ0) is 17.3. The van der Waals surface area contributed by atoms with Crippen molar-refractivity contribution in [2.45, 2.75) is 51.6 Å². The summed E-state index contributed by atoms with van der Waals surface area (Å²) in [7, 11) is 0. The average molecular weight is 363 g/mol. The van der Waals surface area contributed by atoms with Gasteiger partial charge in [-0.1, -0.05) is 31.7 Å². The molecule has 0 radical (unpaired) electrons. The second-order valence-electron chi connectivity index (χ2n) is 6.25. The minimum atomic E-state index is 0.0540. The first-order valence-corrected chi connectivity index (χ1v) is 9.79. The third kappa shape index (κ3) is 3.57. The smallest absolute Gasteiger partial charge is 0.257 e. The Hall–Kier alpha value is -1.60. The summed E-state index contributed by atoms with van der Waals surface area (Å²) >= 11 is 3.27. The summed E-state index contributed by atoms with van der Waals surface area (Å²) in [5, 5.41) is 11.5. The van der Waals surface area contributed by atoms with Crippen molar-refractivity contribution in [3.63, 3.8) is 0 Å². The number of thioether (sulfide) groups is 1. The predicted octanol–water partition coefficient (Wildman–Crippen LogP) is 5.12. The SMILES string of the molecule is Cc1nc(S[C@@H](C)c2nnc(-c3cccs3)o2)n(CC(C)C)c1C. The van der Waals surface area contributed by atoms with Gasteiger partial charge >= 0.3 is 0 Å². The lowest BCUT2D eigenvalue weighted by Crippen LogP contribution is -2.08. The molecule has 3 aromatic rings. The van der Waals surface area contributed by atoms with Gasteiger partial charge < -0.3 is 8.98 Å². The van der Waals surface area contributed by atoms with Crippen LogP contribution in [0.5, 0.6) is 0 Å². The predicted molar refractivity (Wildman–Crippen MR) is 98.4 cm³/mol. The Morgan fingerprint density at radius 3 is 2.71 bits per heavy atom. The first-order valence-electron chi connectivity index (χ1n) is 8.03. The molecule has 0 saturated heterocycles. The molecule has 0 amide bonds. The molecule has 0 fully saturated rings. The second-order valence-corrected chi connectivity index (χ2v) is 8.51. The van der Waals surface area contributed by atoms with Crippen LogP contribution >= 0.6 is 23.1 Å². The largest absolute Gasteiger partial charge is 0.419 e. The van der Waals surface area contributed by atoms with Crippen LogP contribution in [0.25, 0.3) is 10.8 Å². The molecule has 7 heteroatoms. The van der Waals surface area contributed by atoms with E-state index in [0.717, 1.165) is 22.3 Å². The molecule has 5 nitrogen and oxygen atoms in total. The van der Waals surface area contributed by atoms with Crippen molar-refractivity contribution >= 4 is 23.1 Å². The monoisotopic (exact) mass is 362 g/mol. The molecule has 0 aromatic carbocycles. The number of aromatic nitrogens is 4. The molecule has 3 heterocycles. The zero-order valence-corrected chi connectivity index (χ0v) is 16.2. The fourth-order valence-corrected chi connectivity index (χ4v) is 4.09. The summed E-state index contributed by atoms with van der Waals surface area (Å²) in [6, 6.07) is 3.97. The first-order chi connectivity index (χ1) is 11.5. The molecule has 0 aliphatic carbocycles. The fraction of sp³-hybridized carbons (Fsp3) is 0.471. The standard InChI is InChI=1S/C17H22N4OS2/c1-10(2)9-21-12(4)11(3)18-17(21)24-13(5)15-19-20-16(22-15)14-7-6-8-23-14/h6-8,10,13H,9H2,1-5H3/t13-/m0/s1. The van der Waals surface area contributed by atoms with E-state index >= 15 is 0 Å². The van der Waals surface area contributed by atoms with Crippen LogP contribution in [-0.4, -0.2) is 19.7 Å². The van der Waals surface area contributed by atoms with Gasteiger partial charge in [0, 0.05) is 12.2 Å². The van der Waals surface area contributed by atoms with Gasteiger partial charge in [-0.2, -0.15) is 0 Å². The van der Waals surface area contributed by atoms with Crippen LogP contribution in [0.2, 0.25) is 0 Å². The summed E-state index contributed by atoms with van der Waals surface area (Å²) in [6.45, 7) is 11.7.